The van der Waals surface area contributed by atoms with Crippen molar-refractivity contribution in [2.75, 3.05) is 13.9 Å². The van der Waals surface area contributed by atoms with Gasteiger partial charge in [0.2, 0.25) is 18.6 Å². The summed E-state index contributed by atoms with van der Waals surface area (Å²) in [5, 5.41) is 10.7. The molecule has 1 N–H and O–H groups in total. The number of hydrogen-bond donors (Lipinski definition) is 1. The molecule has 0 spiro atoms. The lowest BCUT2D eigenvalue weighted by molar-refractivity contribution is -0.131. The average molecular weight is 422 g/mol. The maximum absolute atomic E-state index is 13.2. The van der Waals surface area contributed by atoms with E-state index >= 15 is 0 Å². The molecule has 31 heavy (non-hydrogen) atoms. The number of carbonyl (C=O) groups excluding carboxylic acids is 2. The maximum Gasteiger partial charge on any atom is 0.325 e. The van der Waals surface area contributed by atoms with E-state index in [0.717, 1.165) is 4.90 Å². The summed E-state index contributed by atoms with van der Waals surface area (Å²) >= 11 is 0. The molecule has 1 unspecified atom stereocenters. The Hall–Kier alpha value is -4.08. The molecule has 3 heterocycles. The number of ether oxygens (including phenoxy) is 3. The van der Waals surface area contributed by atoms with Crippen LogP contribution in [0.2, 0.25) is 0 Å². The minimum atomic E-state index is -1.25. The van der Waals surface area contributed by atoms with Crippen molar-refractivity contribution in [2.24, 2.45) is 0 Å². The molecule has 10 nitrogen and oxygen atoms in total. The van der Waals surface area contributed by atoms with Crippen molar-refractivity contribution in [3.63, 3.8) is 0 Å². The molecule has 1 fully saturated rings. The number of nitrogens with zero attached hydrogens (tertiary/aromatic N) is 3. The summed E-state index contributed by atoms with van der Waals surface area (Å²) in [7, 11) is 1.58. The van der Waals surface area contributed by atoms with Crippen LogP contribution in [0.5, 0.6) is 17.2 Å². The minimum Gasteiger partial charge on any atom is -0.497 e. The fraction of sp³-hybridized carbons (Fsp3) is 0.238. The summed E-state index contributed by atoms with van der Waals surface area (Å²) in [6, 6.07) is 11.7. The lowest BCUT2D eigenvalue weighted by Crippen LogP contribution is -2.40. The van der Waals surface area contributed by atoms with Crippen molar-refractivity contribution in [1.29, 1.82) is 0 Å². The smallest absolute Gasteiger partial charge is 0.325 e. The number of fused-ring (bicyclic) bond motifs is 1. The van der Waals surface area contributed by atoms with Gasteiger partial charge in [-0.15, -0.1) is 10.2 Å². The second-order valence-electron chi connectivity index (χ2n) is 7.24. The van der Waals surface area contributed by atoms with E-state index in [1.807, 2.05) is 0 Å². The van der Waals surface area contributed by atoms with Crippen LogP contribution in [-0.4, -0.2) is 40.9 Å². The summed E-state index contributed by atoms with van der Waals surface area (Å²) in [4.78, 5) is 26.8. The Morgan fingerprint density at radius 3 is 2.65 bits per heavy atom. The number of hydrogen-bond acceptors (Lipinski definition) is 8. The standard InChI is InChI=1S/C21H18N4O6/c1-21(13-5-8-15-16(9-13)30-11-29-15)19(26)25(20(27)22-21)10-17-23-24-18(31-17)12-3-6-14(28-2)7-4-12/h3-9H,10-11H2,1-2H3,(H,22,27). The molecule has 2 aromatic carbocycles. The third-order valence-corrected chi connectivity index (χ3v) is 5.32. The second kappa shape index (κ2) is 7.01. The van der Waals surface area contributed by atoms with E-state index in [1.54, 1.807) is 56.5 Å². The van der Waals surface area contributed by atoms with Gasteiger partial charge in [0.15, 0.2) is 11.5 Å². The van der Waals surface area contributed by atoms with E-state index in [4.69, 9.17) is 18.6 Å². The van der Waals surface area contributed by atoms with Crippen molar-refractivity contribution in [3.05, 3.63) is 53.9 Å². The van der Waals surface area contributed by atoms with Crippen LogP contribution < -0.4 is 19.5 Å². The van der Waals surface area contributed by atoms with Crippen molar-refractivity contribution in [2.45, 2.75) is 19.0 Å². The van der Waals surface area contributed by atoms with Crippen molar-refractivity contribution < 1.29 is 28.2 Å². The molecule has 0 radical (unpaired) electrons. The fourth-order valence-electron chi connectivity index (χ4n) is 3.55. The number of imide groups is 1. The minimum absolute atomic E-state index is 0.121. The Kier molecular flexibility index (Phi) is 4.28. The van der Waals surface area contributed by atoms with E-state index in [2.05, 4.69) is 15.5 Å². The van der Waals surface area contributed by atoms with Gasteiger partial charge in [-0.1, -0.05) is 6.07 Å². The summed E-state index contributed by atoms with van der Waals surface area (Å²) in [5.74, 6) is 1.82. The van der Waals surface area contributed by atoms with E-state index in [0.29, 0.717) is 28.4 Å². The third kappa shape index (κ3) is 3.12. The molecule has 1 saturated heterocycles. The number of nitrogens with one attached hydrogen (secondary N) is 1. The number of urea groups is 1. The molecule has 3 aromatic rings. The Labute approximate surface area is 176 Å². The Bertz CT molecular complexity index is 1170. The van der Waals surface area contributed by atoms with Crippen LogP contribution in [0.25, 0.3) is 11.5 Å². The molecule has 2 aliphatic rings. The van der Waals surface area contributed by atoms with E-state index in [1.165, 1.54) is 0 Å². The number of rotatable bonds is 5. The first-order chi connectivity index (χ1) is 15.0. The van der Waals surface area contributed by atoms with Crippen molar-refractivity contribution in [3.8, 4) is 28.7 Å². The highest BCUT2D eigenvalue weighted by Gasteiger charge is 2.49. The lowest BCUT2D eigenvalue weighted by Gasteiger charge is -2.22. The summed E-state index contributed by atoms with van der Waals surface area (Å²) < 4.78 is 21.5. The average Bonchev–Trinajstić information content (AvgIpc) is 3.49. The highest BCUT2D eigenvalue weighted by Crippen LogP contribution is 2.38. The molecule has 5 rings (SSSR count). The van der Waals surface area contributed by atoms with Gasteiger partial charge in [0.05, 0.1) is 7.11 Å². The zero-order valence-corrected chi connectivity index (χ0v) is 16.7. The van der Waals surface area contributed by atoms with E-state index < -0.39 is 17.5 Å². The van der Waals surface area contributed by atoms with Gasteiger partial charge >= 0.3 is 6.03 Å². The van der Waals surface area contributed by atoms with Crippen molar-refractivity contribution >= 4 is 11.9 Å². The zero-order valence-electron chi connectivity index (χ0n) is 16.7. The molecule has 158 valence electrons. The van der Waals surface area contributed by atoms with Gasteiger partial charge in [-0.05, 0) is 48.9 Å². The fourth-order valence-corrected chi connectivity index (χ4v) is 3.55. The largest absolute Gasteiger partial charge is 0.497 e. The van der Waals surface area contributed by atoms with Crippen LogP contribution in [0.3, 0.4) is 0 Å². The Morgan fingerprint density at radius 2 is 1.87 bits per heavy atom. The van der Waals surface area contributed by atoms with Crippen LogP contribution >= 0.6 is 0 Å². The quantitative estimate of drug-likeness (QED) is 0.624. The number of aromatic nitrogens is 2. The van der Waals surface area contributed by atoms with Crippen LogP contribution in [0.15, 0.2) is 46.9 Å². The van der Waals surface area contributed by atoms with Gasteiger partial charge < -0.3 is 23.9 Å². The number of methoxy groups -OCH3 is 1. The molecule has 3 amide bonds. The number of carbonyl (C=O) groups is 2. The summed E-state index contributed by atoms with van der Waals surface area (Å²) in [6.45, 7) is 1.62. The van der Waals surface area contributed by atoms with Gasteiger partial charge in [0.1, 0.15) is 17.8 Å². The molecule has 1 aromatic heterocycles. The van der Waals surface area contributed by atoms with E-state index in [9.17, 15) is 9.59 Å². The highest BCUT2D eigenvalue weighted by atomic mass is 16.7. The zero-order chi connectivity index (χ0) is 21.6. The first-order valence-corrected chi connectivity index (χ1v) is 9.49. The first kappa shape index (κ1) is 18.9. The molecule has 10 heteroatoms. The van der Waals surface area contributed by atoms with Crippen LogP contribution in [-0.2, 0) is 16.9 Å². The van der Waals surface area contributed by atoms with Gasteiger partial charge in [0.25, 0.3) is 5.91 Å². The Balaban J connectivity index is 1.36. The molecular formula is C21H18N4O6. The predicted molar refractivity (Wildman–Crippen MR) is 105 cm³/mol. The summed E-state index contributed by atoms with van der Waals surface area (Å²) in [6.07, 6.45) is 0. The number of amides is 3. The van der Waals surface area contributed by atoms with Crippen LogP contribution in [0, 0.1) is 0 Å². The van der Waals surface area contributed by atoms with Gasteiger partial charge in [-0.25, -0.2) is 4.79 Å². The van der Waals surface area contributed by atoms with Crippen LogP contribution in [0.4, 0.5) is 4.79 Å². The van der Waals surface area contributed by atoms with Gasteiger partial charge in [0, 0.05) is 5.56 Å². The molecular weight excluding hydrogens is 404 g/mol. The summed E-state index contributed by atoms with van der Waals surface area (Å²) in [5.41, 5.74) is 0.0284. The van der Waals surface area contributed by atoms with Gasteiger partial charge in [-0.3, -0.25) is 9.69 Å². The van der Waals surface area contributed by atoms with Crippen molar-refractivity contribution in [1.82, 2.24) is 20.4 Å². The second-order valence-corrected chi connectivity index (χ2v) is 7.24. The lowest BCUT2D eigenvalue weighted by atomic mass is 9.91. The normalized spacial score (nSPS) is 19.6. The SMILES string of the molecule is COc1ccc(-c2nnc(CN3C(=O)NC(C)(c4ccc5c(c4)OCO5)C3=O)o2)cc1. The van der Waals surface area contributed by atoms with E-state index in [-0.39, 0.29) is 25.1 Å². The van der Waals surface area contributed by atoms with Crippen LogP contribution in [0.1, 0.15) is 18.4 Å². The molecule has 0 bridgehead atoms. The van der Waals surface area contributed by atoms with Gasteiger partial charge in [-0.2, -0.15) is 0 Å². The molecule has 0 saturated carbocycles. The third-order valence-electron chi connectivity index (χ3n) is 5.32. The highest BCUT2D eigenvalue weighted by molar-refractivity contribution is 6.07. The number of benzene rings is 2. The first-order valence-electron chi connectivity index (χ1n) is 9.49. The Morgan fingerprint density at radius 1 is 1.10 bits per heavy atom. The molecule has 1 atom stereocenters. The predicted octanol–water partition coefficient (Wildman–Crippen LogP) is 2.44. The molecule has 0 aliphatic carbocycles. The topological polar surface area (TPSA) is 116 Å². The maximum atomic E-state index is 13.2. The molecule has 2 aliphatic heterocycles. The monoisotopic (exact) mass is 422 g/mol.